The van der Waals surface area contributed by atoms with Crippen molar-refractivity contribution < 1.29 is 13.2 Å². The molecule has 100 valence electrons. The van der Waals surface area contributed by atoms with E-state index in [-0.39, 0.29) is 5.75 Å². The van der Waals surface area contributed by atoms with Gasteiger partial charge in [0.1, 0.15) is 6.04 Å². The minimum atomic E-state index is -3.57. The standard InChI is InChI=1S/C12H18N2O3S/c1-3-8-18(16,17)14-12(15)11(13)10-6-4-9(2)5-7-10/h4-7,11H,3,8,13H2,1-2H3,(H,14,15). The summed E-state index contributed by atoms with van der Waals surface area (Å²) < 4.78 is 24.9. The summed E-state index contributed by atoms with van der Waals surface area (Å²) in [5.41, 5.74) is 7.35. The smallest absolute Gasteiger partial charge is 0.254 e. The molecule has 0 fully saturated rings. The van der Waals surface area contributed by atoms with E-state index in [4.69, 9.17) is 5.73 Å². The van der Waals surface area contributed by atoms with E-state index in [1.807, 2.05) is 23.8 Å². The first kappa shape index (κ1) is 14.7. The summed E-state index contributed by atoms with van der Waals surface area (Å²) in [6.07, 6.45) is 0.447. The van der Waals surface area contributed by atoms with Crippen LogP contribution in [-0.4, -0.2) is 20.1 Å². The molecule has 6 heteroatoms. The fraction of sp³-hybridized carbons (Fsp3) is 0.417. The number of hydrogen-bond acceptors (Lipinski definition) is 4. The van der Waals surface area contributed by atoms with Gasteiger partial charge in [0.2, 0.25) is 10.0 Å². The van der Waals surface area contributed by atoms with Crippen LogP contribution in [0.5, 0.6) is 0 Å². The van der Waals surface area contributed by atoms with Crippen molar-refractivity contribution in [2.24, 2.45) is 5.73 Å². The number of amides is 1. The summed E-state index contributed by atoms with van der Waals surface area (Å²) in [4.78, 5) is 11.7. The molecular formula is C12H18N2O3S. The molecule has 0 aromatic heterocycles. The molecular weight excluding hydrogens is 252 g/mol. The van der Waals surface area contributed by atoms with Crippen LogP contribution in [0.1, 0.15) is 30.5 Å². The van der Waals surface area contributed by atoms with Crippen LogP contribution < -0.4 is 10.5 Å². The van der Waals surface area contributed by atoms with Crippen LogP contribution in [0.3, 0.4) is 0 Å². The number of nitrogens with one attached hydrogen (secondary N) is 1. The lowest BCUT2D eigenvalue weighted by molar-refractivity contribution is -0.120. The molecule has 1 aromatic carbocycles. The minimum Gasteiger partial charge on any atom is -0.316 e. The highest BCUT2D eigenvalue weighted by molar-refractivity contribution is 7.90. The van der Waals surface area contributed by atoms with Crippen LogP contribution in [0.15, 0.2) is 24.3 Å². The van der Waals surface area contributed by atoms with Gasteiger partial charge in [-0.25, -0.2) is 8.42 Å². The van der Waals surface area contributed by atoms with E-state index < -0.39 is 22.0 Å². The van der Waals surface area contributed by atoms with Gasteiger partial charge in [-0.2, -0.15) is 0 Å². The number of benzene rings is 1. The molecule has 1 aromatic rings. The first-order valence-corrected chi connectivity index (χ1v) is 7.37. The van der Waals surface area contributed by atoms with Crippen molar-refractivity contribution >= 4 is 15.9 Å². The number of sulfonamides is 1. The van der Waals surface area contributed by atoms with E-state index in [0.29, 0.717) is 12.0 Å². The van der Waals surface area contributed by atoms with E-state index in [2.05, 4.69) is 0 Å². The molecule has 18 heavy (non-hydrogen) atoms. The van der Waals surface area contributed by atoms with Crippen molar-refractivity contribution in [2.75, 3.05) is 5.75 Å². The molecule has 0 saturated heterocycles. The van der Waals surface area contributed by atoms with Gasteiger partial charge in [-0.1, -0.05) is 36.8 Å². The molecule has 0 saturated carbocycles. The Bertz CT molecular complexity index is 509. The van der Waals surface area contributed by atoms with Crippen LogP contribution >= 0.6 is 0 Å². The van der Waals surface area contributed by atoms with E-state index in [9.17, 15) is 13.2 Å². The van der Waals surface area contributed by atoms with Crippen LogP contribution in [0, 0.1) is 6.92 Å². The van der Waals surface area contributed by atoms with Crippen molar-refractivity contribution in [3.05, 3.63) is 35.4 Å². The van der Waals surface area contributed by atoms with Gasteiger partial charge in [0.15, 0.2) is 0 Å². The molecule has 0 spiro atoms. The molecule has 0 aliphatic carbocycles. The summed E-state index contributed by atoms with van der Waals surface area (Å²) in [5.74, 6) is -0.786. The highest BCUT2D eigenvalue weighted by Gasteiger charge is 2.20. The second-order valence-corrected chi connectivity index (χ2v) is 6.02. The lowest BCUT2D eigenvalue weighted by atomic mass is 10.1. The molecule has 0 heterocycles. The Morgan fingerprint density at radius 2 is 1.89 bits per heavy atom. The molecule has 0 radical (unpaired) electrons. The maximum absolute atomic E-state index is 11.7. The monoisotopic (exact) mass is 270 g/mol. The number of hydrogen-bond donors (Lipinski definition) is 2. The van der Waals surface area contributed by atoms with Crippen LogP contribution in [0.2, 0.25) is 0 Å². The third-order valence-corrected chi connectivity index (χ3v) is 3.91. The zero-order valence-electron chi connectivity index (χ0n) is 10.5. The predicted octanol–water partition coefficient (Wildman–Crippen LogP) is 0.851. The van der Waals surface area contributed by atoms with Crippen molar-refractivity contribution in [3.8, 4) is 0 Å². The van der Waals surface area contributed by atoms with Gasteiger partial charge in [-0.3, -0.25) is 9.52 Å². The third-order valence-electron chi connectivity index (χ3n) is 2.45. The van der Waals surface area contributed by atoms with Crippen molar-refractivity contribution in [1.82, 2.24) is 4.72 Å². The van der Waals surface area contributed by atoms with E-state index in [0.717, 1.165) is 5.56 Å². The first-order valence-electron chi connectivity index (χ1n) is 5.72. The van der Waals surface area contributed by atoms with E-state index >= 15 is 0 Å². The fourth-order valence-corrected chi connectivity index (χ4v) is 2.53. The zero-order valence-corrected chi connectivity index (χ0v) is 11.3. The highest BCUT2D eigenvalue weighted by Crippen LogP contribution is 2.11. The largest absolute Gasteiger partial charge is 0.316 e. The normalized spacial score (nSPS) is 13.1. The Morgan fingerprint density at radius 1 is 1.33 bits per heavy atom. The van der Waals surface area contributed by atoms with Gasteiger partial charge >= 0.3 is 0 Å². The summed E-state index contributed by atoms with van der Waals surface area (Å²) in [6.45, 7) is 3.64. The Hall–Kier alpha value is -1.40. The fourth-order valence-electron chi connectivity index (χ4n) is 1.46. The van der Waals surface area contributed by atoms with Crippen molar-refractivity contribution in [1.29, 1.82) is 0 Å². The number of carbonyl (C=O) groups excluding carboxylic acids is 1. The number of aryl methyl sites for hydroxylation is 1. The average Bonchev–Trinajstić information content (AvgIpc) is 2.28. The van der Waals surface area contributed by atoms with E-state index in [1.54, 1.807) is 19.1 Å². The van der Waals surface area contributed by atoms with Gasteiger partial charge in [0.05, 0.1) is 5.75 Å². The molecule has 0 bridgehead atoms. The SMILES string of the molecule is CCCS(=O)(=O)NC(=O)C(N)c1ccc(C)cc1. The second-order valence-electron chi connectivity index (χ2n) is 4.17. The maximum atomic E-state index is 11.7. The molecule has 1 unspecified atom stereocenters. The Balaban J connectivity index is 2.76. The second kappa shape index (κ2) is 5.97. The van der Waals surface area contributed by atoms with Crippen LogP contribution in [-0.2, 0) is 14.8 Å². The molecule has 1 atom stereocenters. The molecule has 0 aliphatic heterocycles. The highest BCUT2D eigenvalue weighted by atomic mass is 32.2. The van der Waals surface area contributed by atoms with Gasteiger partial charge in [0, 0.05) is 0 Å². The lowest BCUT2D eigenvalue weighted by Gasteiger charge is -2.12. The molecule has 1 amide bonds. The molecule has 3 N–H and O–H groups in total. The zero-order chi connectivity index (χ0) is 13.8. The van der Waals surface area contributed by atoms with Gasteiger partial charge < -0.3 is 5.73 Å². The summed E-state index contributed by atoms with van der Waals surface area (Å²) in [7, 11) is -3.57. The number of carbonyl (C=O) groups is 1. The van der Waals surface area contributed by atoms with Gasteiger partial charge in [0.25, 0.3) is 5.91 Å². The third kappa shape index (κ3) is 4.12. The minimum absolute atomic E-state index is 0.0840. The summed E-state index contributed by atoms with van der Waals surface area (Å²) >= 11 is 0. The Kier molecular flexibility index (Phi) is 4.86. The molecule has 5 nitrogen and oxygen atoms in total. The summed E-state index contributed by atoms with van der Waals surface area (Å²) in [6, 6.07) is 6.10. The Morgan fingerprint density at radius 3 is 2.39 bits per heavy atom. The number of nitrogens with two attached hydrogens (primary N) is 1. The van der Waals surface area contributed by atoms with Crippen LogP contribution in [0.4, 0.5) is 0 Å². The average molecular weight is 270 g/mol. The first-order chi connectivity index (χ1) is 8.35. The molecule has 0 aliphatic rings. The number of rotatable bonds is 5. The van der Waals surface area contributed by atoms with Crippen LogP contribution in [0.25, 0.3) is 0 Å². The van der Waals surface area contributed by atoms with Crippen molar-refractivity contribution in [3.63, 3.8) is 0 Å². The molecule has 1 rings (SSSR count). The summed E-state index contributed by atoms with van der Waals surface area (Å²) in [5, 5.41) is 0. The maximum Gasteiger partial charge on any atom is 0.254 e. The van der Waals surface area contributed by atoms with E-state index in [1.165, 1.54) is 0 Å². The quantitative estimate of drug-likeness (QED) is 0.830. The van der Waals surface area contributed by atoms with Gasteiger partial charge in [-0.15, -0.1) is 0 Å². The Labute approximate surface area is 107 Å². The van der Waals surface area contributed by atoms with Crippen molar-refractivity contribution in [2.45, 2.75) is 26.3 Å². The topological polar surface area (TPSA) is 89.3 Å². The van der Waals surface area contributed by atoms with Gasteiger partial charge in [-0.05, 0) is 18.9 Å². The lowest BCUT2D eigenvalue weighted by Crippen LogP contribution is -2.39. The predicted molar refractivity (Wildman–Crippen MR) is 70.3 cm³/mol.